The van der Waals surface area contributed by atoms with Crippen molar-refractivity contribution in [2.45, 2.75) is 26.9 Å². The van der Waals surface area contributed by atoms with Crippen LogP contribution in [-0.2, 0) is 13.1 Å². The summed E-state index contributed by atoms with van der Waals surface area (Å²) in [6, 6.07) is 7.71. The Kier molecular flexibility index (Phi) is 4.23. The smallest absolute Gasteiger partial charge is 0.274 e. The fourth-order valence-corrected chi connectivity index (χ4v) is 3.00. The van der Waals surface area contributed by atoms with Crippen molar-refractivity contribution in [1.29, 1.82) is 0 Å². The molecule has 0 fully saturated rings. The van der Waals surface area contributed by atoms with Gasteiger partial charge in [-0.15, -0.1) is 0 Å². The summed E-state index contributed by atoms with van der Waals surface area (Å²) in [7, 11) is 1.70. The van der Waals surface area contributed by atoms with Crippen LogP contribution in [0, 0.1) is 13.8 Å². The Bertz CT molecular complexity index is 1090. The largest absolute Gasteiger partial charge is 0.360 e. The minimum Gasteiger partial charge on any atom is -0.360 e. The van der Waals surface area contributed by atoms with Gasteiger partial charge in [-0.25, -0.2) is 4.98 Å². The molecule has 1 N–H and O–H groups in total. The molecule has 0 radical (unpaired) electrons. The highest BCUT2D eigenvalue weighted by molar-refractivity contribution is 5.92. The van der Waals surface area contributed by atoms with Crippen molar-refractivity contribution in [2.24, 2.45) is 0 Å². The number of carbonyl (C=O) groups is 1. The van der Waals surface area contributed by atoms with Gasteiger partial charge in [0.2, 0.25) is 0 Å². The summed E-state index contributed by atoms with van der Waals surface area (Å²) in [5, 5.41) is 10.8. The lowest BCUT2D eigenvalue weighted by molar-refractivity contribution is 0.0766. The predicted molar refractivity (Wildman–Crippen MR) is 99.2 cm³/mol. The number of rotatable bonds is 5. The van der Waals surface area contributed by atoms with E-state index >= 15 is 0 Å². The van der Waals surface area contributed by atoms with Crippen molar-refractivity contribution >= 4 is 16.9 Å². The maximum atomic E-state index is 12.5. The first-order valence-corrected chi connectivity index (χ1v) is 8.62. The lowest BCUT2D eigenvalue weighted by Gasteiger charge is -2.13. The predicted octanol–water partition coefficient (Wildman–Crippen LogP) is 2.68. The van der Waals surface area contributed by atoms with Gasteiger partial charge in [-0.05, 0) is 43.2 Å². The highest BCUT2D eigenvalue weighted by Gasteiger charge is 2.17. The molecule has 0 bridgehead atoms. The van der Waals surface area contributed by atoms with Gasteiger partial charge in [-0.2, -0.15) is 5.10 Å². The molecule has 1 amide bonds. The second-order valence-corrected chi connectivity index (χ2v) is 6.72. The molecule has 0 saturated heterocycles. The summed E-state index contributed by atoms with van der Waals surface area (Å²) in [4.78, 5) is 18.6. The van der Waals surface area contributed by atoms with Gasteiger partial charge in [-0.3, -0.25) is 9.89 Å². The van der Waals surface area contributed by atoms with E-state index in [9.17, 15) is 4.79 Å². The lowest BCUT2D eigenvalue weighted by Crippen LogP contribution is -2.26. The third kappa shape index (κ3) is 3.33. The maximum Gasteiger partial charge on any atom is 0.274 e. The van der Waals surface area contributed by atoms with E-state index in [1.165, 1.54) is 11.1 Å². The molecule has 0 aliphatic heterocycles. The zero-order valence-electron chi connectivity index (χ0n) is 15.4. The van der Waals surface area contributed by atoms with Crippen LogP contribution in [0.1, 0.15) is 33.1 Å². The molecule has 1 aromatic carbocycles. The van der Waals surface area contributed by atoms with Crippen LogP contribution in [-0.4, -0.2) is 42.8 Å². The number of aryl methyl sites for hydroxylation is 2. The average molecular weight is 364 g/mol. The summed E-state index contributed by atoms with van der Waals surface area (Å²) in [6.07, 6.45) is 3.36. The first-order chi connectivity index (χ1) is 13.0. The number of nitrogens with zero attached hydrogens (tertiary/aromatic N) is 5. The van der Waals surface area contributed by atoms with Crippen molar-refractivity contribution in [1.82, 2.24) is 29.8 Å². The number of imidazole rings is 1. The van der Waals surface area contributed by atoms with Crippen molar-refractivity contribution in [2.75, 3.05) is 7.05 Å². The Morgan fingerprint density at radius 1 is 1.26 bits per heavy atom. The number of aromatic amines is 1. The summed E-state index contributed by atoms with van der Waals surface area (Å²) < 4.78 is 7.09. The zero-order chi connectivity index (χ0) is 19.0. The molecular weight excluding hydrogens is 344 g/mol. The highest BCUT2D eigenvalue weighted by atomic mass is 16.5. The van der Waals surface area contributed by atoms with Crippen LogP contribution in [0.2, 0.25) is 0 Å². The first kappa shape index (κ1) is 17.0. The summed E-state index contributed by atoms with van der Waals surface area (Å²) in [6.45, 7) is 5.07. The first-order valence-electron chi connectivity index (χ1n) is 8.62. The number of fused-ring (bicyclic) bond motifs is 1. The van der Waals surface area contributed by atoms with Crippen LogP contribution in [0.25, 0.3) is 11.0 Å². The van der Waals surface area contributed by atoms with Crippen LogP contribution in [0.3, 0.4) is 0 Å². The molecule has 4 rings (SSSR count). The topological polar surface area (TPSA) is 92.8 Å². The number of H-pyrrole nitrogens is 1. The Balaban J connectivity index is 1.51. The second kappa shape index (κ2) is 6.71. The van der Waals surface area contributed by atoms with E-state index in [4.69, 9.17) is 4.52 Å². The molecular formula is C19H20N6O2. The van der Waals surface area contributed by atoms with E-state index in [0.717, 1.165) is 16.7 Å². The fourth-order valence-electron chi connectivity index (χ4n) is 3.00. The third-order valence-corrected chi connectivity index (χ3v) is 4.66. The summed E-state index contributed by atoms with van der Waals surface area (Å²) in [5.74, 6) is 0.438. The van der Waals surface area contributed by atoms with E-state index in [0.29, 0.717) is 24.5 Å². The fraction of sp³-hybridized carbons (Fsp3) is 0.263. The number of aromatic nitrogens is 5. The Labute approximate surface area is 155 Å². The van der Waals surface area contributed by atoms with Gasteiger partial charge in [0.05, 0.1) is 42.3 Å². The summed E-state index contributed by atoms with van der Waals surface area (Å²) in [5.41, 5.74) is 5.66. The molecule has 8 nitrogen and oxygen atoms in total. The maximum absolute atomic E-state index is 12.5. The minimum atomic E-state index is -0.184. The average Bonchev–Trinajstić information content (AvgIpc) is 3.38. The molecule has 8 heteroatoms. The van der Waals surface area contributed by atoms with E-state index in [2.05, 4.69) is 46.3 Å². The normalized spacial score (nSPS) is 11.2. The quantitative estimate of drug-likeness (QED) is 0.588. The lowest BCUT2D eigenvalue weighted by atomic mass is 10.1. The Morgan fingerprint density at radius 2 is 2.07 bits per heavy atom. The van der Waals surface area contributed by atoms with Crippen molar-refractivity contribution in [3.05, 3.63) is 65.1 Å². The SMILES string of the molecule is Cc1cc2ncn(Cc3cc(C(=O)N(C)Cc4ccno4)n[nH]3)c2cc1C. The standard InChI is InChI=1S/C19H20N6O2/c1-12-6-16-18(7-13(12)2)25(11-20-16)9-14-8-17(23-22-14)19(26)24(3)10-15-4-5-21-27-15/h4-8,11H,9-10H2,1-3H3,(H,22,23). The van der Waals surface area contributed by atoms with Gasteiger partial charge in [0.25, 0.3) is 5.91 Å². The van der Waals surface area contributed by atoms with Gasteiger partial charge >= 0.3 is 0 Å². The molecule has 0 aliphatic rings. The van der Waals surface area contributed by atoms with E-state index in [1.807, 2.05) is 10.9 Å². The molecule has 0 saturated carbocycles. The van der Waals surface area contributed by atoms with Gasteiger partial charge in [0, 0.05) is 13.1 Å². The molecule has 0 atom stereocenters. The van der Waals surface area contributed by atoms with Gasteiger partial charge in [0.1, 0.15) is 5.69 Å². The van der Waals surface area contributed by atoms with Crippen molar-refractivity contribution < 1.29 is 9.32 Å². The molecule has 4 aromatic rings. The van der Waals surface area contributed by atoms with Crippen LogP contribution in [0.15, 0.2) is 41.3 Å². The van der Waals surface area contributed by atoms with Crippen LogP contribution in [0.4, 0.5) is 0 Å². The molecule has 3 aromatic heterocycles. The van der Waals surface area contributed by atoms with E-state index in [-0.39, 0.29) is 5.91 Å². The zero-order valence-corrected chi connectivity index (χ0v) is 15.4. The number of hydrogen-bond acceptors (Lipinski definition) is 5. The van der Waals surface area contributed by atoms with Crippen LogP contribution in [0.5, 0.6) is 0 Å². The van der Waals surface area contributed by atoms with Crippen LogP contribution < -0.4 is 0 Å². The Morgan fingerprint density at radius 3 is 2.85 bits per heavy atom. The second-order valence-electron chi connectivity index (χ2n) is 6.72. The number of benzene rings is 1. The van der Waals surface area contributed by atoms with Gasteiger partial charge < -0.3 is 14.0 Å². The van der Waals surface area contributed by atoms with Crippen molar-refractivity contribution in [3.63, 3.8) is 0 Å². The number of carbonyl (C=O) groups excluding carboxylic acids is 1. The molecule has 138 valence electrons. The summed E-state index contributed by atoms with van der Waals surface area (Å²) >= 11 is 0. The van der Waals surface area contributed by atoms with Crippen LogP contribution >= 0.6 is 0 Å². The van der Waals surface area contributed by atoms with Gasteiger partial charge in [0.15, 0.2) is 5.76 Å². The highest BCUT2D eigenvalue weighted by Crippen LogP contribution is 2.19. The number of amides is 1. The monoisotopic (exact) mass is 364 g/mol. The molecule has 3 heterocycles. The van der Waals surface area contributed by atoms with Crippen molar-refractivity contribution in [3.8, 4) is 0 Å². The molecule has 0 spiro atoms. The third-order valence-electron chi connectivity index (χ3n) is 4.66. The van der Waals surface area contributed by atoms with E-state index < -0.39 is 0 Å². The number of hydrogen-bond donors (Lipinski definition) is 1. The minimum absolute atomic E-state index is 0.184. The molecule has 0 aliphatic carbocycles. The Hall–Kier alpha value is -3.42. The molecule has 27 heavy (non-hydrogen) atoms. The number of nitrogens with one attached hydrogen (secondary N) is 1. The van der Waals surface area contributed by atoms with E-state index in [1.54, 1.807) is 30.3 Å². The molecule has 0 unspecified atom stereocenters. The van der Waals surface area contributed by atoms with Gasteiger partial charge in [-0.1, -0.05) is 5.16 Å².